The standard InChI is InChI=1S/C47H39NO3/c1-46(2)41-15-9-8-13-36(41)37-21-18-31(28-42(37)46)47(30-16-19-32(20-17-30)48-24-26-50-27-25-48)23-22-39-44-38-14-7-6-11-34(38)33-10-4-5-12-35(33)40(44)29-43(49-3)45(39)51-47/h4-23,28-29H,24-27H2,1-3H3. The smallest absolute Gasteiger partial charge is 0.178 e. The van der Waals surface area contributed by atoms with Crippen molar-refractivity contribution in [2.24, 2.45) is 0 Å². The van der Waals surface area contributed by atoms with Gasteiger partial charge in [-0.25, -0.2) is 0 Å². The first-order chi connectivity index (χ1) is 25.0. The van der Waals surface area contributed by atoms with Crippen molar-refractivity contribution in [1.29, 1.82) is 0 Å². The molecule has 2 aliphatic heterocycles. The number of hydrogen-bond donors (Lipinski definition) is 0. The zero-order valence-electron chi connectivity index (χ0n) is 29.2. The fourth-order valence-electron chi connectivity index (χ4n) is 9.02. The van der Waals surface area contributed by atoms with E-state index in [0.29, 0.717) is 0 Å². The van der Waals surface area contributed by atoms with Gasteiger partial charge in [0.25, 0.3) is 0 Å². The summed E-state index contributed by atoms with van der Waals surface area (Å²) >= 11 is 0. The van der Waals surface area contributed by atoms with Crippen molar-refractivity contribution in [2.75, 3.05) is 38.3 Å². The van der Waals surface area contributed by atoms with Gasteiger partial charge in [0.1, 0.15) is 0 Å². The summed E-state index contributed by atoms with van der Waals surface area (Å²) in [6, 6.07) is 44.3. The maximum Gasteiger partial charge on any atom is 0.178 e. The van der Waals surface area contributed by atoms with Gasteiger partial charge in [0.05, 0.1) is 20.3 Å². The zero-order chi connectivity index (χ0) is 34.3. The minimum atomic E-state index is -0.899. The molecule has 10 rings (SSSR count). The van der Waals surface area contributed by atoms with E-state index in [9.17, 15) is 0 Å². The summed E-state index contributed by atoms with van der Waals surface area (Å²) in [7, 11) is 1.75. The molecule has 7 aromatic carbocycles. The van der Waals surface area contributed by atoms with Gasteiger partial charge in [-0.1, -0.05) is 111 Å². The van der Waals surface area contributed by atoms with E-state index in [-0.39, 0.29) is 5.41 Å². The summed E-state index contributed by atoms with van der Waals surface area (Å²) < 4.78 is 19.4. The van der Waals surface area contributed by atoms with Crippen molar-refractivity contribution in [1.82, 2.24) is 0 Å². The van der Waals surface area contributed by atoms with Crippen molar-refractivity contribution in [3.05, 3.63) is 155 Å². The maximum atomic E-state index is 7.53. The van der Waals surface area contributed by atoms with E-state index in [2.05, 4.69) is 152 Å². The Labute approximate surface area is 298 Å². The number of methoxy groups -OCH3 is 1. The second-order valence-electron chi connectivity index (χ2n) is 14.6. The van der Waals surface area contributed by atoms with Gasteiger partial charge in [-0.05, 0) is 85.6 Å². The quantitative estimate of drug-likeness (QED) is 0.175. The first-order valence-electron chi connectivity index (χ1n) is 18.0. The molecule has 4 heteroatoms. The van der Waals surface area contributed by atoms with Gasteiger partial charge in [-0.15, -0.1) is 0 Å². The SMILES string of the molecule is COc1cc2c3ccccc3c3ccccc3c2c2c1OC(c1ccc(N3CCOCC3)cc1)(c1ccc3c(c1)C(C)(C)c1ccccc1-3)C=C2. The van der Waals surface area contributed by atoms with Gasteiger partial charge < -0.3 is 19.1 Å². The molecular weight excluding hydrogens is 627 g/mol. The number of fused-ring (bicyclic) bond motifs is 11. The molecule has 0 amide bonds. The number of ether oxygens (including phenoxy) is 3. The number of hydrogen-bond acceptors (Lipinski definition) is 4. The molecule has 0 N–H and O–H groups in total. The van der Waals surface area contributed by atoms with Crippen LogP contribution in [0.15, 0.2) is 127 Å². The zero-order valence-corrected chi connectivity index (χ0v) is 29.2. The first kappa shape index (κ1) is 30.3. The lowest BCUT2D eigenvalue weighted by atomic mass is 9.78. The lowest BCUT2D eigenvalue weighted by molar-refractivity contribution is 0.122. The van der Waals surface area contributed by atoms with Crippen molar-refractivity contribution < 1.29 is 14.2 Å². The lowest BCUT2D eigenvalue weighted by Crippen LogP contribution is -2.37. The highest BCUT2D eigenvalue weighted by Crippen LogP contribution is 2.54. The second-order valence-corrected chi connectivity index (χ2v) is 14.6. The minimum absolute atomic E-state index is 0.145. The normalized spacial score (nSPS) is 18.8. The van der Waals surface area contributed by atoms with Crippen molar-refractivity contribution in [2.45, 2.75) is 24.9 Å². The highest BCUT2D eigenvalue weighted by molar-refractivity contribution is 6.27. The number of benzene rings is 7. The van der Waals surface area contributed by atoms with Crippen LogP contribution in [0.4, 0.5) is 5.69 Å². The number of nitrogens with zero attached hydrogens (tertiary/aromatic N) is 1. The summed E-state index contributed by atoms with van der Waals surface area (Å²) in [5.41, 5.74) is 8.64. The molecule has 0 spiro atoms. The predicted octanol–water partition coefficient (Wildman–Crippen LogP) is 10.6. The molecule has 2 heterocycles. The van der Waals surface area contributed by atoms with Crippen molar-refractivity contribution >= 4 is 44.1 Å². The monoisotopic (exact) mass is 665 g/mol. The fraction of sp³-hybridized carbons (Fsp3) is 0.191. The van der Waals surface area contributed by atoms with Crippen molar-refractivity contribution in [3.63, 3.8) is 0 Å². The molecule has 1 fully saturated rings. The van der Waals surface area contributed by atoms with E-state index < -0.39 is 5.60 Å². The van der Waals surface area contributed by atoms with Gasteiger partial charge in [0.15, 0.2) is 17.1 Å². The molecule has 0 saturated carbocycles. The molecule has 4 nitrogen and oxygen atoms in total. The van der Waals surface area contributed by atoms with Crippen LogP contribution < -0.4 is 14.4 Å². The molecular formula is C47H39NO3. The molecule has 0 bridgehead atoms. The molecule has 250 valence electrons. The third kappa shape index (κ3) is 4.36. The Morgan fingerprint density at radius 3 is 2.00 bits per heavy atom. The summed E-state index contributed by atoms with van der Waals surface area (Å²) in [5, 5.41) is 7.22. The summed E-state index contributed by atoms with van der Waals surface area (Å²) in [4.78, 5) is 2.40. The third-order valence-electron chi connectivity index (χ3n) is 11.6. The largest absolute Gasteiger partial charge is 0.493 e. The number of morpholine rings is 1. The molecule has 1 atom stereocenters. The summed E-state index contributed by atoms with van der Waals surface area (Å²) in [5.74, 6) is 1.48. The molecule has 0 radical (unpaired) electrons. The van der Waals surface area contributed by atoms with Crippen LogP contribution in [-0.4, -0.2) is 33.4 Å². The highest BCUT2D eigenvalue weighted by Gasteiger charge is 2.42. The second kappa shape index (κ2) is 11.2. The van der Waals surface area contributed by atoms with Crippen LogP contribution in [0.3, 0.4) is 0 Å². The Morgan fingerprint density at radius 2 is 1.25 bits per heavy atom. The summed E-state index contributed by atoms with van der Waals surface area (Å²) in [6.45, 7) is 7.95. The van der Waals surface area contributed by atoms with E-state index >= 15 is 0 Å². The third-order valence-corrected chi connectivity index (χ3v) is 11.6. The maximum absolute atomic E-state index is 7.53. The topological polar surface area (TPSA) is 30.9 Å². The molecule has 7 aromatic rings. The van der Waals surface area contributed by atoms with E-state index in [1.807, 2.05) is 0 Å². The van der Waals surface area contributed by atoms with Gasteiger partial charge >= 0.3 is 0 Å². The molecule has 0 aromatic heterocycles. The van der Waals surface area contributed by atoms with Crippen LogP contribution in [-0.2, 0) is 15.8 Å². The van der Waals surface area contributed by atoms with Crippen LogP contribution >= 0.6 is 0 Å². The summed E-state index contributed by atoms with van der Waals surface area (Å²) in [6.07, 6.45) is 4.56. The van der Waals surface area contributed by atoms with Crippen LogP contribution in [0.2, 0.25) is 0 Å². The highest BCUT2D eigenvalue weighted by atomic mass is 16.5. The number of anilines is 1. The Bertz CT molecular complexity index is 2560. The Kier molecular flexibility index (Phi) is 6.65. The van der Waals surface area contributed by atoms with Crippen LogP contribution in [0, 0.1) is 0 Å². The first-order valence-corrected chi connectivity index (χ1v) is 18.0. The number of rotatable bonds is 4. The molecule has 3 aliphatic rings. The van der Waals surface area contributed by atoms with Crippen LogP contribution in [0.1, 0.15) is 41.7 Å². The Hall–Kier alpha value is -5.58. The van der Waals surface area contributed by atoms with Gasteiger partial charge in [-0.3, -0.25) is 0 Å². The average Bonchev–Trinajstić information content (AvgIpc) is 3.43. The Morgan fingerprint density at radius 1 is 0.627 bits per heavy atom. The molecule has 1 unspecified atom stereocenters. The molecule has 1 aliphatic carbocycles. The van der Waals surface area contributed by atoms with Gasteiger partial charge in [-0.2, -0.15) is 0 Å². The fourth-order valence-corrected chi connectivity index (χ4v) is 9.02. The van der Waals surface area contributed by atoms with Crippen LogP contribution in [0.5, 0.6) is 11.5 Å². The Balaban J connectivity index is 1.22. The van der Waals surface area contributed by atoms with E-state index in [1.54, 1.807) is 7.11 Å². The van der Waals surface area contributed by atoms with Crippen molar-refractivity contribution in [3.8, 4) is 22.6 Å². The average molecular weight is 666 g/mol. The van der Waals surface area contributed by atoms with E-state index in [1.165, 1.54) is 54.9 Å². The van der Waals surface area contributed by atoms with Crippen LogP contribution in [0.25, 0.3) is 49.5 Å². The molecule has 1 saturated heterocycles. The minimum Gasteiger partial charge on any atom is -0.493 e. The van der Waals surface area contributed by atoms with E-state index in [0.717, 1.165) is 59.9 Å². The van der Waals surface area contributed by atoms with Gasteiger partial charge in [0, 0.05) is 46.3 Å². The van der Waals surface area contributed by atoms with E-state index in [4.69, 9.17) is 14.2 Å². The predicted molar refractivity (Wildman–Crippen MR) is 209 cm³/mol. The lowest BCUT2D eigenvalue weighted by Gasteiger charge is -2.38. The van der Waals surface area contributed by atoms with Gasteiger partial charge in [0.2, 0.25) is 0 Å². The molecule has 51 heavy (non-hydrogen) atoms.